The van der Waals surface area contributed by atoms with Crippen LogP contribution in [0.4, 0.5) is 5.69 Å². The molecule has 92 valence electrons. The van der Waals surface area contributed by atoms with Crippen molar-refractivity contribution < 1.29 is 14.7 Å². The van der Waals surface area contributed by atoms with Gasteiger partial charge >= 0.3 is 5.97 Å². The van der Waals surface area contributed by atoms with Gasteiger partial charge < -0.3 is 15.0 Å². The number of hydrogen-bond donors (Lipinski definition) is 2. The quantitative estimate of drug-likeness (QED) is 0.870. The number of rotatable bonds is 2. The Morgan fingerprint density at radius 1 is 1.50 bits per heavy atom. The van der Waals surface area contributed by atoms with Crippen LogP contribution >= 0.6 is 11.6 Å². The van der Waals surface area contributed by atoms with Crippen LogP contribution < -0.4 is 5.32 Å². The molecule has 0 fully saturated rings. The number of carboxylic acids is 1. The van der Waals surface area contributed by atoms with Crippen LogP contribution in [0.15, 0.2) is 18.3 Å². The monoisotopic (exact) mass is 264 g/mol. The number of carbonyl (C=O) groups is 2. The van der Waals surface area contributed by atoms with Crippen molar-refractivity contribution in [1.82, 2.24) is 4.57 Å². The summed E-state index contributed by atoms with van der Waals surface area (Å²) in [6.45, 7) is -0.133. The van der Waals surface area contributed by atoms with E-state index in [0.29, 0.717) is 10.7 Å². The van der Waals surface area contributed by atoms with Crippen LogP contribution in [-0.4, -0.2) is 21.6 Å². The summed E-state index contributed by atoms with van der Waals surface area (Å²) >= 11 is 6.05. The third-order valence-electron chi connectivity index (χ3n) is 3.00. The van der Waals surface area contributed by atoms with Gasteiger partial charge in [-0.3, -0.25) is 9.59 Å². The number of carboxylic acid groups (broad SMARTS) is 1. The van der Waals surface area contributed by atoms with Gasteiger partial charge in [-0.25, -0.2) is 0 Å². The molecule has 2 N–H and O–H groups in total. The molecule has 0 radical (unpaired) electrons. The van der Waals surface area contributed by atoms with E-state index in [0.717, 1.165) is 16.5 Å². The molecule has 2 heterocycles. The Balaban J connectivity index is 2.30. The number of hydrogen-bond acceptors (Lipinski definition) is 2. The standard InChI is InChI=1S/C12H9ClN2O3/c13-7-1-2-8-11-6(3-9(16)14-12(7)11)4-15(8)5-10(17)18/h1-2,4H,3,5H2,(H,14,16)(H,17,18). The van der Waals surface area contributed by atoms with Gasteiger partial charge in [0.1, 0.15) is 6.54 Å². The third-order valence-corrected chi connectivity index (χ3v) is 3.31. The van der Waals surface area contributed by atoms with Crippen LogP contribution in [-0.2, 0) is 22.6 Å². The smallest absolute Gasteiger partial charge is 0.323 e. The molecule has 0 bridgehead atoms. The molecular formula is C12H9ClN2O3. The van der Waals surface area contributed by atoms with Gasteiger partial charge in [-0.05, 0) is 17.7 Å². The molecule has 0 unspecified atom stereocenters. The van der Waals surface area contributed by atoms with Crippen LogP contribution in [0.1, 0.15) is 5.56 Å². The maximum atomic E-state index is 11.6. The number of halogens is 1. The largest absolute Gasteiger partial charge is 0.480 e. The number of aliphatic carboxylic acids is 1. The summed E-state index contributed by atoms with van der Waals surface area (Å²) in [4.78, 5) is 22.4. The lowest BCUT2D eigenvalue weighted by Crippen LogP contribution is -2.18. The molecule has 18 heavy (non-hydrogen) atoms. The van der Waals surface area contributed by atoms with E-state index in [2.05, 4.69) is 5.32 Å². The second-order valence-electron chi connectivity index (χ2n) is 4.22. The zero-order chi connectivity index (χ0) is 12.9. The van der Waals surface area contributed by atoms with Crippen molar-refractivity contribution in [2.24, 2.45) is 0 Å². The SMILES string of the molecule is O=C(O)Cn1cc2c3c(c(Cl)ccc31)NC(=O)C2. The second kappa shape index (κ2) is 3.74. The highest BCUT2D eigenvalue weighted by atomic mass is 35.5. The van der Waals surface area contributed by atoms with Gasteiger partial charge in [0.25, 0.3) is 0 Å². The summed E-state index contributed by atoms with van der Waals surface area (Å²) < 4.78 is 1.62. The molecule has 0 atom stereocenters. The third kappa shape index (κ3) is 1.55. The molecule has 0 saturated heterocycles. The van der Waals surface area contributed by atoms with Crippen molar-refractivity contribution in [3.63, 3.8) is 0 Å². The summed E-state index contributed by atoms with van der Waals surface area (Å²) in [5, 5.41) is 12.9. The molecule has 1 aromatic heterocycles. The Morgan fingerprint density at radius 2 is 2.28 bits per heavy atom. The lowest BCUT2D eigenvalue weighted by atomic mass is 10.0. The Morgan fingerprint density at radius 3 is 3.00 bits per heavy atom. The Labute approximate surface area is 107 Å². The maximum absolute atomic E-state index is 11.6. The summed E-state index contributed by atoms with van der Waals surface area (Å²) in [6, 6.07) is 3.43. The summed E-state index contributed by atoms with van der Waals surface area (Å²) in [7, 11) is 0. The average molecular weight is 265 g/mol. The first-order chi connectivity index (χ1) is 8.56. The predicted octanol–water partition coefficient (Wildman–Crippen LogP) is 1.87. The van der Waals surface area contributed by atoms with Crippen molar-refractivity contribution in [3.05, 3.63) is 28.9 Å². The van der Waals surface area contributed by atoms with Crippen molar-refractivity contribution in [3.8, 4) is 0 Å². The maximum Gasteiger partial charge on any atom is 0.323 e. The zero-order valence-corrected chi connectivity index (χ0v) is 9.99. The van der Waals surface area contributed by atoms with Crippen LogP contribution in [0.2, 0.25) is 5.02 Å². The van der Waals surface area contributed by atoms with Gasteiger partial charge in [-0.1, -0.05) is 11.6 Å². The summed E-state index contributed by atoms with van der Waals surface area (Å²) in [5.41, 5.74) is 2.16. The molecule has 2 aromatic rings. The number of carbonyl (C=O) groups excluding carboxylic acids is 1. The first-order valence-electron chi connectivity index (χ1n) is 5.38. The Bertz CT molecular complexity index is 690. The predicted molar refractivity (Wildman–Crippen MR) is 66.9 cm³/mol. The first kappa shape index (κ1) is 11.1. The molecule has 1 aliphatic heterocycles. The van der Waals surface area contributed by atoms with E-state index in [-0.39, 0.29) is 18.9 Å². The minimum Gasteiger partial charge on any atom is -0.480 e. The molecule has 0 saturated carbocycles. The number of amides is 1. The van der Waals surface area contributed by atoms with Gasteiger partial charge in [0.05, 0.1) is 22.6 Å². The van der Waals surface area contributed by atoms with Crippen LogP contribution in [0.3, 0.4) is 0 Å². The lowest BCUT2D eigenvalue weighted by Gasteiger charge is -2.14. The van der Waals surface area contributed by atoms with Crippen molar-refractivity contribution in [2.45, 2.75) is 13.0 Å². The molecule has 0 spiro atoms. The molecule has 6 heteroatoms. The van der Waals surface area contributed by atoms with Crippen molar-refractivity contribution in [2.75, 3.05) is 5.32 Å². The fourth-order valence-electron chi connectivity index (χ4n) is 2.34. The molecule has 0 aliphatic carbocycles. The number of nitrogens with one attached hydrogen (secondary N) is 1. The molecule has 1 aliphatic rings. The van der Waals surface area contributed by atoms with E-state index in [1.54, 1.807) is 22.9 Å². The van der Waals surface area contributed by atoms with Crippen LogP contribution in [0.25, 0.3) is 10.9 Å². The molecule has 1 aromatic carbocycles. The first-order valence-corrected chi connectivity index (χ1v) is 5.76. The van der Waals surface area contributed by atoms with Crippen LogP contribution in [0, 0.1) is 0 Å². The summed E-state index contributed by atoms with van der Waals surface area (Å²) in [5.74, 6) is -1.06. The average Bonchev–Trinajstić information content (AvgIpc) is 2.61. The van der Waals surface area contributed by atoms with E-state index < -0.39 is 5.97 Å². The number of anilines is 1. The van der Waals surface area contributed by atoms with Gasteiger partial charge in [-0.2, -0.15) is 0 Å². The minimum absolute atomic E-state index is 0.133. The van der Waals surface area contributed by atoms with Gasteiger partial charge in [0, 0.05) is 11.6 Å². The van der Waals surface area contributed by atoms with Crippen LogP contribution in [0.5, 0.6) is 0 Å². The highest BCUT2D eigenvalue weighted by Crippen LogP contribution is 2.37. The minimum atomic E-state index is -0.923. The number of benzene rings is 1. The van der Waals surface area contributed by atoms with E-state index in [1.165, 1.54) is 0 Å². The van der Waals surface area contributed by atoms with Crippen molar-refractivity contribution >= 4 is 40.1 Å². The van der Waals surface area contributed by atoms with Gasteiger partial charge in [0.15, 0.2) is 0 Å². The fraction of sp³-hybridized carbons (Fsp3) is 0.167. The fourth-order valence-corrected chi connectivity index (χ4v) is 2.55. The Kier molecular flexibility index (Phi) is 2.31. The van der Waals surface area contributed by atoms with Gasteiger partial charge in [0.2, 0.25) is 5.91 Å². The highest BCUT2D eigenvalue weighted by molar-refractivity contribution is 6.36. The lowest BCUT2D eigenvalue weighted by molar-refractivity contribution is -0.137. The van der Waals surface area contributed by atoms with Gasteiger partial charge in [-0.15, -0.1) is 0 Å². The molecule has 3 rings (SSSR count). The Hall–Kier alpha value is -2.01. The topological polar surface area (TPSA) is 71.3 Å². The number of nitrogens with zero attached hydrogens (tertiary/aromatic N) is 1. The van der Waals surface area contributed by atoms with E-state index >= 15 is 0 Å². The molecule has 5 nitrogen and oxygen atoms in total. The van der Waals surface area contributed by atoms with E-state index in [4.69, 9.17) is 16.7 Å². The van der Waals surface area contributed by atoms with E-state index in [9.17, 15) is 9.59 Å². The number of aromatic nitrogens is 1. The second-order valence-corrected chi connectivity index (χ2v) is 4.62. The normalized spacial score (nSPS) is 13.7. The summed E-state index contributed by atoms with van der Waals surface area (Å²) in [6.07, 6.45) is 1.95. The molecular weight excluding hydrogens is 256 g/mol. The zero-order valence-electron chi connectivity index (χ0n) is 9.24. The highest BCUT2D eigenvalue weighted by Gasteiger charge is 2.23. The van der Waals surface area contributed by atoms with Crippen molar-refractivity contribution in [1.29, 1.82) is 0 Å². The molecule has 1 amide bonds. The van der Waals surface area contributed by atoms with E-state index in [1.807, 2.05) is 0 Å².